The van der Waals surface area contributed by atoms with E-state index in [0.717, 1.165) is 7.05 Å². The van der Waals surface area contributed by atoms with Gasteiger partial charge in [0.1, 0.15) is 15.7 Å². The lowest BCUT2D eigenvalue weighted by molar-refractivity contribution is -0.384. The predicted molar refractivity (Wildman–Crippen MR) is 74.7 cm³/mol. The van der Waals surface area contributed by atoms with Gasteiger partial charge < -0.3 is 5.11 Å². The molecule has 1 unspecified atom stereocenters. The van der Waals surface area contributed by atoms with E-state index in [1.165, 1.54) is 6.92 Å². The lowest BCUT2D eigenvalue weighted by Gasteiger charge is -2.19. The molecule has 22 heavy (non-hydrogen) atoms. The average molecular weight is 355 g/mol. The highest BCUT2D eigenvalue weighted by atomic mass is 35.5. The van der Waals surface area contributed by atoms with E-state index in [1.54, 1.807) is 0 Å². The molecule has 1 aromatic carbocycles. The summed E-state index contributed by atoms with van der Waals surface area (Å²) in [5, 5.41) is 18.9. The van der Waals surface area contributed by atoms with Gasteiger partial charge in [-0.3, -0.25) is 14.9 Å². The number of rotatable bonds is 6. The molecule has 0 bridgehead atoms. The molecule has 0 aliphatic heterocycles. The lowest BCUT2D eigenvalue weighted by Crippen LogP contribution is -2.34. The minimum Gasteiger partial charge on any atom is -0.481 e. The molecule has 0 aliphatic carbocycles. The van der Waals surface area contributed by atoms with E-state index >= 15 is 0 Å². The summed E-state index contributed by atoms with van der Waals surface area (Å²) >= 11 is 5.58. The van der Waals surface area contributed by atoms with Crippen molar-refractivity contribution >= 4 is 33.3 Å². The van der Waals surface area contributed by atoms with E-state index < -0.39 is 54.8 Å². The lowest BCUT2D eigenvalue weighted by atomic mass is 10.2. The Bertz CT molecular complexity index is 724. The first kappa shape index (κ1) is 18.3. The molecule has 11 heteroatoms. The molecule has 1 rings (SSSR count). The minimum atomic E-state index is -4.38. The smallest absolute Gasteiger partial charge is 0.307 e. The SMILES string of the molecule is CC(CN(C)S(=O)(=O)c1cc(Cl)c([N+](=O)[O-])cc1F)C(=O)O. The fourth-order valence-electron chi connectivity index (χ4n) is 1.59. The number of carboxylic acids is 1. The van der Waals surface area contributed by atoms with Crippen molar-refractivity contribution in [3.05, 3.63) is 33.1 Å². The zero-order valence-corrected chi connectivity index (χ0v) is 13.1. The van der Waals surface area contributed by atoms with Crippen LogP contribution in [0, 0.1) is 21.8 Å². The van der Waals surface area contributed by atoms with E-state index in [0.29, 0.717) is 16.4 Å². The number of carbonyl (C=O) groups is 1. The Balaban J connectivity index is 3.26. The summed E-state index contributed by atoms with van der Waals surface area (Å²) in [5.41, 5.74) is -0.764. The number of aliphatic carboxylic acids is 1. The zero-order valence-electron chi connectivity index (χ0n) is 11.5. The van der Waals surface area contributed by atoms with Crippen LogP contribution in [-0.2, 0) is 14.8 Å². The Kier molecular flexibility index (Phi) is 5.44. The van der Waals surface area contributed by atoms with Crippen molar-refractivity contribution in [2.75, 3.05) is 13.6 Å². The van der Waals surface area contributed by atoms with E-state index in [2.05, 4.69) is 0 Å². The summed E-state index contributed by atoms with van der Waals surface area (Å²) in [7, 11) is -3.30. The van der Waals surface area contributed by atoms with Gasteiger partial charge in [0.25, 0.3) is 5.69 Å². The Morgan fingerprint density at radius 1 is 1.55 bits per heavy atom. The molecule has 8 nitrogen and oxygen atoms in total. The van der Waals surface area contributed by atoms with Crippen LogP contribution in [-0.4, -0.2) is 42.3 Å². The highest BCUT2D eigenvalue weighted by Gasteiger charge is 2.30. The number of hydrogen-bond donors (Lipinski definition) is 1. The summed E-state index contributed by atoms with van der Waals surface area (Å²) in [4.78, 5) is 19.6. The molecule has 1 N–H and O–H groups in total. The third-order valence-electron chi connectivity index (χ3n) is 2.84. The van der Waals surface area contributed by atoms with Crippen molar-refractivity contribution < 1.29 is 27.6 Å². The van der Waals surface area contributed by atoms with Crippen LogP contribution in [0.25, 0.3) is 0 Å². The quantitative estimate of drug-likeness (QED) is 0.614. The average Bonchev–Trinajstić information content (AvgIpc) is 2.39. The van der Waals surface area contributed by atoms with Gasteiger partial charge >= 0.3 is 5.97 Å². The zero-order chi connectivity index (χ0) is 17.2. The monoisotopic (exact) mass is 354 g/mol. The molecule has 0 saturated carbocycles. The third kappa shape index (κ3) is 3.70. The maximum atomic E-state index is 13.9. The molecular formula is C11H12ClFN2O6S. The minimum absolute atomic E-state index is 0.397. The van der Waals surface area contributed by atoms with Crippen molar-refractivity contribution in [2.24, 2.45) is 5.92 Å². The van der Waals surface area contributed by atoms with Gasteiger partial charge in [0.05, 0.1) is 16.9 Å². The molecule has 122 valence electrons. The fourth-order valence-corrected chi connectivity index (χ4v) is 3.21. The molecule has 0 fully saturated rings. The van der Waals surface area contributed by atoms with Crippen LogP contribution in [0.15, 0.2) is 17.0 Å². The number of nitro groups is 1. The van der Waals surface area contributed by atoms with Crippen molar-refractivity contribution in [2.45, 2.75) is 11.8 Å². The molecule has 0 amide bonds. The second-order valence-electron chi connectivity index (χ2n) is 4.52. The summed E-state index contributed by atoms with van der Waals surface area (Å²) in [6.45, 7) is 0.888. The van der Waals surface area contributed by atoms with E-state index in [4.69, 9.17) is 16.7 Å². The first-order valence-electron chi connectivity index (χ1n) is 5.81. The summed E-state index contributed by atoms with van der Waals surface area (Å²) < 4.78 is 38.9. The summed E-state index contributed by atoms with van der Waals surface area (Å²) in [5.74, 6) is -3.58. The van der Waals surface area contributed by atoms with Crippen LogP contribution in [0.3, 0.4) is 0 Å². The van der Waals surface area contributed by atoms with E-state index in [1.807, 2.05) is 0 Å². The Morgan fingerprint density at radius 3 is 2.55 bits per heavy atom. The molecular weight excluding hydrogens is 343 g/mol. The van der Waals surface area contributed by atoms with Gasteiger partial charge in [-0.15, -0.1) is 0 Å². The normalized spacial score (nSPS) is 13.1. The van der Waals surface area contributed by atoms with Crippen LogP contribution in [0.5, 0.6) is 0 Å². The van der Waals surface area contributed by atoms with Crippen LogP contribution >= 0.6 is 11.6 Å². The Labute approximate surface area is 130 Å². The third-order valence-corrected chi connectivity index (χ3v) is 4.98. The number of sulfonamides is 1. The van der Waals surface area contributed by atoms with E-state index in [9.17, 15) is 27.7 Å². The molecule has 1 aromatic rings. The highest BCUT2D eigenvalue weighted by Crippen LogP contribution is 2.30. The molecule has 0 heterocycles. The predicted octanol–water partition coefficient (Wildman–Crippen LogP) is 1.73. The summed E-state index contributed by atoms with van der Waals surface area (Å²) in [6.07, 6.45) is 0. The fraction of sp³-hybridized carbons (Fsp3) is 0.364. The van der Waals surface area contributed by atoms with Gasteiger partial charge in [0, 0.05) is 13.6 Å². The number of nitrogens with zero attached hydrogens (tertiary/aromatic N) is 2. The molecule has 0 spiro atoms. The van der Waals surface area contributed by atoms with Gasteiger partial charge in [-0.2, -0.15) is 4.31 Å². The highest BCUT2D eigenvalue weighted by molar-refractivity contribution is 7.89. The molecule has 0 saturated heterocycles. The maximum absolute atomic E-state index is 13.9. The summed E-state index contributed by atoms with van der Waals surface area (Å²) in [6, 6.07) is 1.04. The van der Waals surface area contributed by atoms with Gasteiger partial charge in [-0.25, -0.2) is 12.8 Å². The van der Waals surface area contributed by atoms with Gasteiger partial charge in [-0.1, -0.05) is 18.5 Å². The molecule has 0 aliphatic rings. The number of benzene rings is 1. The number of hydrogen-bond acceptors (Lipinski definition) is 5. The molecule has 0 aromatic heterocycles. The van der Waals surface area contributed by atoms with Crippen molar-refractivity contribution in [3.63, 3.8) is 0 Å². The molecule has 0 radical (unpaired) electrons. The Morgan fingerprint density at radius 2 is 2.09 bits per heavy atom. The second kappa shape index (κ2) is 6.55. The number of carboxylic acid groups (broad SMARTS) is 1. The van der Waals surface area contributed by atoms with Gasteiger partial charge in [0.2, 0.25) is 10.0 Å². The number of nitro benzene ring substituents is 1. The Hall–Kier alpha value is -1.78. The van der Waals surface area contributed by atoms with E-state index in [-0.39, 0.29) is 0 Å². The number of halogens is 2. The topological polar surface area (TPSA) is 118 Å². The van der Waals surface area contributed by atoms with Crippen molar-refractivity contribution in [1.29, 1.82) is 0 Å². The van der Waals surface area contributed by atoms with Crippen LogP contribution in [0.2, 0.25) is 5.02 Å². The first-order chi connectivity index (χ1) is 9.98. The van der Waals surface area contributed by atoms with Crippen molar-refractivity contribution in [1.82, 2.24) is 4.31 Å². The van der Waals surface area contributed by atoms with Gasteiger partial charge in [0.15, 0.2) is 0 Å². The maximum Gasteiger partial charge on any atom is 0.307 e. The standard InChI is InChI=1S/C11H12ClFN2O6S/c1-6(11(16)17)5-14(2)22(20,21)10-3-7(12)9(15(18)19)4-8(10)13/h3-4,6H,5H2,1-2H3,(H,16,17). The molecule has 1 atom stereocenters. The largest absolute Gasteiger partial charge is 0.481 e. The van der Waals surface area contributed by atoms with Crippen LogP contribution in [0.4, 0.5) is 10.1 Å². The first-order valence-corrected chi connectivity index (χ1v) is 7.62. The second-order valence-corrected chi connectivity index (χ2v) is 6.94. The van der Waals surface area contributed by atoms with Gasteiger partial charge in [-0.05, 0) is 6.07 Å². The van der Waals surface area contributed by atoms with Crippen LogP contribution in [0.1, 0.15) is 6.92 Å². The van der Waals surface area contributed by atoms with Crippen molar-refractivity contribution in [3.8, 4) is 0 Å². The van der Waals surface area contributed by atoms with Crippen LogP contribution < -0.4 is 0 Å².